The van der Waals surface area contributed by atoms with Gasteiger partial charge in [-0.3, -0.25) is 4.99 Å². The lowest BCUT2D eigenvalue weighted by Gasteiger charge is -2.26. The molecule has 0 atom stereocenters. The molecule has 0 aromatic heterocycles. The maximum absolute atomic E-state index is 4.96. The third kappa shape index (κ3) is 11.6. The first kappa shape index (κ1) is 24.2. The van der Waals surface area contributed by atoms with E-state index in [0.29, 0.717) is 6.04 Å². The number of hydrogen-bond donors (Lipinski definition) is 0. The molecule has 2 nitrogen and oxygen atoms in total. The normalized spacial score (nSPS) is 16.7. The van der Waals surface area contributed by atoms with E-state index < -0.39 is 0 Å². The molecule has 0 aliphatic carbocycles. The molecule has 1 aliphatic rings. The molecule has 0 N–H and O–H groups in total. The molecular weight excluding hydrogens is 328 g/mol. The second-order valence-corrected chi connectivity index (χ2v) is 9.40. The van der Waals surface area contributed by atoms with Gasteiger partial charge >= 0.3 is 0 Å². The number of amidine groups is 1. The molecule has 0 fully saturated rings. The number of allylic oxidation sites excluding steroid dienone is 2. The van der Waals surface area contributed by atoms with E-state index >= 15 is 0 Å². The minimum absolute atomic E-state index is 0.113. The lowest BCUT2D eigenvalue weighted by atomic mass is 10.1. The molecule has 0 unspecified atom stereocenters. The van der Waals surface area contributed by atoms with Crippen LogP contribution in [0.4, 0.5) is 0 Å². The van der Waals surface area contributed by atoms with E-state index in [1.165, 1.54) is 95.7 Å². The van der Waals surface area contributed by atoms with Crippen molar-refractivity contribution >= 4 is 5.84 Å². The first-order valence-corrected chi connectivity index (χ1v) is 12.0. The van der Waals surface area contributed by atoms with E-state index in [4.69, 9.17) is 4.99 Å². The molecule has 0 bridgehead atoms. The van der Waals surface area contributed by atoms with Crippen LogP contribution in [0.2, 0.25) is 0 Å². The summed E-state index contributed by atoms with van der Waals surface area (Å²) in [5.41, 5.74) is 0.113. The Kier molecular flexibility index (Phi) is 12.8. The Morgan fingerprint density at radius 1 is 0.852 bits per heavy atom. The Morgan fingerprint density at radius 2 is 1.37 bits per heavy atom. The van der Waals surface area contributed by atoms with Gasteiger partial charge in [0.25, 0.3) is 0 Å². The zero-order chi connectivity index (χ0) is 20.0. The highest BCUT2D eigenvalue weighted by atomic mass is 15.3. The molecule has 0 aromatic rings. The Hall–Kier alpha value is -0.790. The van der Waals surface area contributed by atoms with Gasteiger partial charge in [-0.25, -0.2) is 0 Å². The Morgan fingerprint density at radius 3 is 1.93 bits per heavy atom. The summed E-state index contributed by atoms with van der Waals surface area (Å²) in [4.78, 5) is 7.47. The first-order valence-electron chi connectivity index (χ1n) is 12.0. The van der Waals surface area contributed by atoms with Crippen LogP contribution in [0.25, 0.3) is 0 Å². The summed E-state index contributed by atoms with van der Waals surface area (Å²) < 4.78 is 0. The summed E-state index contributed by atoms with van der Waals surface area (Å²) in [6.45, 7) is 12.5. The lowest BCUT2D eigenvalue weighted by Crippen LogP contribution is -2.37. The average Bonchev–Trinajstić information content (AvgIpc) is 2.93. The highest BCUT2D eigenvalue weighted by Crippen LogP contribution is 2.24. The molecule has 0 amide bonds. The summed E-state index contributed by atoms with van der Waals surface area (Å²) in [5, 5.41) is 0. The molecule has 2 heteroatoms. The van der Waals surface area contributed by atoms with Crippen LogP contribution in [0, 0.1) is 0 Å². The largest absolute Gasteiger partial charge is 0.356 e. The minimum atomic E-state index is 0.113. The zero-order valence-electron chi connectivity index (χ0n) is 19.2. The third-order valence-electron chi connectivity index (χ3n) is 5.61. The Labute approximate surface area is 170 Å². The third-order valence-corrected chi connectivity index (χ3v) is 5.61. The van der Waals surface area contributed by atoms with Gasteiger partial charge in [0.05, 0.1) is 11.4 Å². The van der Waals surface area contributed by atoms with Crippen molar-refractivity contribution in [2.45, 2.75) is 136 Å². The van der Waals surface area contributed by atoms with Crippen molar-refractivity contribution < 1.29 is 0 Å². The molecular formula is C25H48N2. The molecule has 0 saturated carbocycles. The summed E-state index contributed by atoms with van der Waals surface area (Å²) >= 11 is 0. The van der Waals surface area contributed by atoms with Crippen LogP contribution in [0.15, 0.2) is 17.1 Å². The van der Waals surface area contributed by atoms with Crippen molar-refractivity contribution in [3.05, 3.63) is 12.2 Å². The summed E-state index contributed by atoms with van der Waals surface area (Å²) in [6.07, 6.45) is 23.8. The molecule has 158 valence electrons. The van der Waals surface area contributed by atoms with E-state index in [1.807, 2.05) is 0 Å². The zero-order valence-corrected chi connectivity index (χ0v) is 19.2. The van der Waals surface area contributed by atoms with E-state index in [-0.39, 0.29) is 5.54 Å². The molecule has 0 saturated heterocycles. The van der Waals surface area contributed by atoms with Crippen LogP contribution in [0.5, 0.6) is 0 Å². The van der Waals surface area contributed by atoms with Crippen molar-refractivity contribution in [2.75, 3.05) is 6.54 Å². The van der Waals surface area contributed by atoms with Gasteiger partial charge in [-0.1, -0.05) is 70.4 Å². The molecule has 0 spiro atoms. The van der Waals surface area contributed by atoms with Gasteiger partial charge in [0.2, 0.25) is 0 Å². The van der Waals surface area contributed by atoms with E-state index in [1.54, 1.807) is 0 Å². The maximum atomic E-state index is 4.96. The molecule has 0 radical (unpaired) electrons. The number of rotatable bonds is 16. The van der Waals surface area contributed by atoms with Gasteiger partial charge < -0.3 is 4.90 Å². The van der Waals surface area contributed by atoms with Gasteiger partial charge in [-0.15, -0.1) is 0 Å². The predicted octanol–water partition coefficient (Wildman–Crippen LogP) is 7.93. The number of unbranched alkanes of at least 4 members (excludes halogenated alkanes) is 11. The van der Waals surface area contributed by atoms with Crippen LogP contribution in [-0.2, 0) is 0 Å². The highest BCUT2D eigenvalue weighted by Gasteiger charge is 2.31. The average molecular weight is 377 g/mol. The topological polar surface area (TPSA) is 15.6 Å². The van der Waals surface area contributed by atoms with Gasteiger partial charge in [0.15, 0.2) is 0 Å². The summed E-state index contributed by atoms with van der Waals surface area (Å²) in [5.74, 6) is 1.35. The molecule has 1 rings (SSSR count). The maximum Gasteiger partial charge on any atom is 0.0999 e. The van der Waals surface area contributed by atoms with E-state index in [0.717, 1.165) is 6.54 Å². The fourth-order valence-corrected chi connectivity index (χ4v) is 3.99. The molecule has 0 aromatic carbocycles. The Bertz CT molecular complexity index is 420. The van der Waals surface area contributed by atoms with Crippen molar-refractivity contribution in [3.63, 3.8) is 0 Å². The van der Waals surface area contributed by atoms with Crippen LogP contribution >= 0.6 is 0 Å². The quantitative estimate of drug-likeness (QED) is 0.197. The van der Waals surface area contributed by atoms with Gasteiger partial charge in [0, 0.05) is 19.0 Å². The van der Waals surface area contributed by atoms with Crippen molar-refractivity contribution in [3.8, 4) is 0 Å². The monoisotopic (exact) mass is 376 g/mol. The first-order chi connectivity index (χ1) is 13.0. The summed E-state index contributed by atoms with van der Waals surface area (Å²) in [6, 6.07) is 0.577. The number of aliphatic imine (C=N–C) groups is 1. The SMILES string of the molecule is CCCCCCCCC=CCCCCCCCC1=NC(C)(C)CN1C(C)C. The molecule has 1 aliphatic heterocycles. The van der Waals surface area contributed by atoms with Crippen LogP contribution < -0.4 is 0 Å². The number of nitrogens with zero attached hydrogens (tertiary/aromatic N) is 2. The standard InChI is InChI=1S/C25H48N2/c1-6-7-8-9-10-11-12-13-14-15-16-17-18-19-20-21-24-26-25(4,5)22-27(24)23(2)3/h13-14,23H,6-12,15-22H2,1-5H3. The second-order valence-electron chi connectivity index (χ2n) is 9.40. The minimum Gasteiger partial charge on any atom is -0.356 e. The van der Waals surface area contributed by atoms with Crippen molar-refractivity contribution in [1.29, 1.82) is 0 Å². The fourth-order valence-electron chi connectivity index (χ4n) is 3.99. The van der Waals surface area contributed by atoms with Crippen LogP contribution in [0.3, 0.4) is 0 Å². The molecule has 1 heterocycles. The van der Waals surface area contributed by atoms with Crippen molar-refractivity contribution in [2.24, 2.45) is 4.99 Å². The molecule has 27 heavy (non-hydrogen) atoms. The Balaban J connectivity index is 1.95. The van der Waals surface area contributed by atoms with Crippen LogP contribution in [-0.4, -0.2) is 28.9 Å². The van der Waals surface area contributed by atoms with E-state index in [9.17, 15) is 0 Å². The van der Waals surface area contributed by atoms with Gasteiger partial charge in [-0.05, 0) is 59.8 Å². The fraction of sp³-hybridized carbons (Fsp3) is 0.880. The lowest BCUT2D eigenvalue weighted by molar-refractivity contribution is 0.320. The summed E-state index contributed by atoms with van der Waals surface area (Å²) in [7, 11) is 0. The van der Waals surface area contributed by atoms with E-state index in [2.05, 4.69) is 51.7 Å². The second kappa shape index (κ2) is 14.2. The van der Waals surface area contributed by atoms with Crippen LogP contribution in [0.1, 0.15) is 125 Å². The van der Waals surface area contributed by atoms with Gasteiger partial charge in [-0.2, -0.15) is 0 Å². The smallest absolute Gasteiger partial charge is 0.0999 e. The number of hydrogen-bond acceptors (Lipinski definition) is 2. The predicted molar refractivity (Wildman–Crippen MR) is 123 cm³/mol. The van der Waals surface area contributed by atoms with Gasteiger partial charge in [0.1, 0.15) is 0 Å². The van der Waals surface area contributed by atoms with Crippen molar-refractivity contribution in [1.82, 2.24) is 4.90 Å². The highest BCUT2D eigenvalue weighted by molar-refractivity contribution is 5.84.